The molecule has 1 aliphatic carbocycles. The van der Waals surface area contributed by atoms with Crippen LogP contribution in [0.15, 0.2) is 78.7 Å². The number of hydrogen-bond acceptors (Lipinski definition) is 7. The topological polar surface area (TPSA) is 129 Å². The van der Waals surface area contributed by atoms with E-state index >= 15 is 0 Å². The Morgan fingerprint density at radius 2 is 1.67 bits per heavy atom. The van der Waals surface area contributed by atoms with Crippen molar-refractivity contribution < 1.29 is 24.0 Å². The molecule has 46 heavy (non-hydrogen) atoms. The molecule has 1 atom stereocenters. The first-order valence-electron chi connectivity index (χ1n) is 15.3. The summed E-state index contributed by atoms with van der Waals surface area (Å²) in [6.07, 6.45) is 9.62. The second-order valence-electron chi connectivity index (χ2n) is 11.5. The van der Waals surface area contributed by atoms with Crippen LogP contribution in [0.4, 0.5) is 5.69 Å². The van der Waals surface area contributed by atoms with Crippen LogP contribution in [0.5, 0.6) is 0 Å². The van der Waals surface area contributed by atoms with Crippen LogP contribution in [0, 0.1) is 10.1 Å². The number of nitrogens with one attached hydrogen (secondary N) is 1. The first kappa shape index (κ1) is 30.7. The minimum absolute atomic E-state index is 0.0799. The number of carbonyl (C=O) groups excluding carboxylic acids is 3. The van der Waals surface area contributed by atoms with Crippen molar-refractivity contribution in [1.29, 1.82) is 0 Å². The van der Waals surface area contributed by atoms with Crippen molar-refractivity contribution in [3.8, 4) is 0 Å². The van der Waals surface area contributed by atoms with Gasteiger partial charge in [-0.2, -0.15) is 0 Å². The SMILES string of the molecule is CCOC(=O)C1(n2cc(C3=C(c4cn(C)c5cc([N+](=O)[O-])ccc45)C(=O)NC3=O)c3ccccc32)C=CC=C(CN(CC)CC)C1. The highest BCUT2D eigenvalue weighted by Crippen LogP contribution is 2.43. The fourth-order valence-electron chi connectivity index (χ4n) is 6.67. The summed E-state index contributed by atoms with van der Waals surface area (Å²) in [5.74, 6) is -1.54. The van der Waals surface area contributed by atoms with Crippen LogP contribution < -0.4 is 5.32 Å². The predicted molar refractivity (Wildman–Crippen MR) is 176 cm³/mol. The number of esters is 1. The molecule has 0 spiro atoms. The highest BCUT2D eigenvalue weighted by Gasteiger charge is 2.44. The molecule has 2 amide bonds. The van der Waals surface area contributed by atoms with Gasteiger partial charge in [-0.3, -0.25) is 29.9 Å². The molecule has 2 aromatic carbocycles. The maximum Gasteiger partial charge on any atom is 0.336 e. The minimum atomic E-state index is -1.23. The molecule has 1 N–H and O–H groups in total. The number of imide groups is 1. The molecule has 1 aliphatic heterocycles. The summed E-state index contributed by atoms with van der Waals surface area (Å²) in [4.78, 5) is 54.3. The van der Waals surface area contributed by atoms with Gasteiger partial charge in [-0.25, -0.2) is 4.79 Å². The number of nitro groups is 1. The molecule has 6 rings (SSSR count). The average Bonchev–Trinajstić information content (AvgIpc) is 3.69. The average molecular weight is 622 g/mol. The number of aromatic nitrogens is 2. The Morgan fingerprint density at radius 1 is 1.00 bits per heavy atom. The van der Waals surface area contributed by atoms with E-state index in [1.165, 1.54) is 12.1 Å². The third kappa shape index (κ3) is 4.93. The van der Waals surface area contributed by atoms with Crippen molar-refractivity contribution >= 4 is 56.4 Å². The maximum absolute atomic E-state index is 14.0. The number of hydrogen-bond donors (Lipinski definition) is 1. The van der Waals surface area contributed by atoms with Crippen molar-refractivity contribution in [1.82, 2.24) is 19.4 Å². The third-order valence-electron chi connectivity index (χ3n) is 8.95. The largest absolute Gasteiger partial charge is 0.464 e. The Balaban J connectivity index is 1.58. The van der Waals surface area contributed by atoms with Gasteiger partial charge < -0.3 is 13.9 Å². The Labute approximate surface area is 265 Å². The summed E-state index contributed by atoms with van der Waals surface area (Å²) >= 11 is 0. The summed E-state index contributed by atoms with van der Waals surface area (Å²) in [6.45, 7) is 8.59. The van der Waals surface area contributed by atoms with Crippen LogP contribution in [-0.4, -0.2) is 63.0 Å². The molecule has 11 nitrogen and oxygen atoms in total. The molecule has 0 saturated heterocycles. The highest BCUT2D eigenvalue weighted by atomic mass is 16.6. The summed E-state index contributed by atoms with van der Waals surface area (Å²) in [6, 6.07) is 11.9. The first-order valence-corrected chi connectivity index (χ1v) is 15.3. The lowest BCUT2D eigenvalue weighted by molar-refractivity contribution is -0.384. The number of nitrogens with zero attached hydrogens (tertiary/aromatic N) is 4. The molecule has 2 aromatic heterocycles. The molecule has 0 bridgehead atoms. The molecule has 2 aliphatic rings. The zero-order valence-electron chi connectivity index (χ0n) is 26.2. The number of amides is 2. The smallest absolute Gasteiger partial charge is 0.336 e. The van der Waals surface area contributed by atoms with Gasteiger partial charge in [0.05, 0.1) is 28.2 Å². The van der Waals surface area contributed by atoms with Crippen LogP contribution in [0.25, 0.3) is 33.0 Å². The van der Waals surface area contributed by atoms with E-state index in [0.717, 1.165) is 18.7 Å². The lowest BCUT2D eigenvalue weighted by atomic mass is 9.85. The van der Waals surface area contributed by atoms with E-state index in [-0.39, 0.29) is 23.4 Å². The number of para-hydroxylation sites is 1. The van der Waals surface area contributed by atoms with E-state index in [4.69, 9.17) is 4.74 Å². The lowest BCUT2D eigenvalue weighted by Gasteiger charge is -2.35. The van der Waals surface area contributed by atoms with Gasteiger partial charge in [0.1, 0.15) is 0 Å². The molecular weight excluding hydrogens is 586 g/mol. The van der Waals surface area contributed by atoms with Crippen LogP contribution >= 0.6 is 0 Å². The highest BCUT2D eigenvalue weighted by molar-refractivity contribution is 6.50. The van der Waals surface area contributed by atoms with E-state index in [0.29, 0.717) is 45.9 Å². The van der Waals surface area contributed by atoms with Crippen molar-refractivity contribution in [3.63, 3.8) is 0 Å². The van der Waals surface area contributed by atoms with Crippen molar-refractivity contribution in [2.75, 3.05) is 26.2 Å². The Hall–Kier alpha value is -5.29. The van der Waals surface area contributed by atoms with Gasteiger partial charge in [0.2, 0.25) is 0 Å². The van der Waals surface area contributed by atoms with Gasteiger partial charge in [-0.15, -0.1) is 0 Å². The standard InChI is InChI=1S/C35H35N5O6/c1-5-38(6-2)19-22-11-10-16-35(18-22,34(43)46-7-3)39-21-27(24-12-8-9-13-28(24)39)31-30(32(41)36-33(31)42)26-20-37(4)29-17-23(40(44)45)14-15-25(26)29/h8-17,20-21H,5-7,18-19H2,1-4H3,(H,36,41,42). The number of carbonyl (C=O) groups is 3. The number of fused-ring (bicyclic) bond motifs is 2. The molecule has 11 heteroatoms. The molecule has 0 fully saturated rings. The zero-order valence-corrected chi connectivity index (χ0v) is 26.2. The van der Waals surface area contributed by atoms with Gasteiger partial charge >= 0.3 is 5.97 Å². The normalized spacial score (nSPS) is 18.2. The third-order valence-corrected chi connectivity index (χ3v) is 8.95. The van der Waals surface area contributed by atoms with E-state index in [1.807, 2.05) is 47.1 Å². The number of likely N-dealkylation sites (N-methyl/N-ethyl adjacent to an activating group) is 1. The van der Waals surface area contributed by atoms with Gasteiger partial charge in [0.25, 0.3) is 17.5 Å². The molecule has 4 aromatic rings. The van der Waals surface area contributed by atoms with E-state index in [9.17, 15) is 24.5 Å². The molecular formula is C35H35N5O6. The van der Waals surface area contributed by atoms with Crippen molar-refractivity contribution in [3.05, 3.63) is 99.9 Å². The number of non-ortho nitro benzene ring substituents is 1. The number of benzene rings is 2. The monoisotopic (exact) mass is 621 g/mol. The van der Waals surface area contributed by atoms with Crippen molar-refractivity contribution in [2.24, 2.45) is 7.05 Å². The number of allylic oxidation sites excluding steroid dienone is 2. The second kappa shape index (κ2) is 11.9. The molecule has 3 heterocycles. The molecule has 236 valence electrons. The van der Waals surface area contributed by atoms with Crippen LogP contribution in [-0.2, 0) is 31.7 Å². The summed E-state index contributed by atoms with van der Waals surface area (Å²) < 4.78 is 9.26. The summed E-state index contributed by atoms with van der Waals surface area (Å²) in [5.41, 5.74) is 2.31. The fourth-order valence-corrected chi connectivity index (χ4v) is 6.67. The Bertz CT molecular complexity index is 2030. The Morgan fingerprint density at radius 3 is 2.35 bits per heavy atom. The lowest BCUT2D eigenvalue weighted by Crippen LogP contribution is -2.43. The van der Waals surface area contributed by atoms with E-state index < -0.39 is 28.2 Å². The molecule has 0 saturated carbocycles. The predicted octanol–water partition coefficient (Wildman–Crippen LogP) is 5.09. The zero-order chi connectivity index (χ0) is 32.7. The number of aryl methyl sites for hydroxylation is 1. The molecule has 1 unspecified atom stereocenters. The second-order valence-corrected chi connectivity index (χ2v) is 11.5. The van der Waals surface area contributed by atoms with Crippen LogP contribution in [0.1, 0.15) is 38.3 Å². The van der Waals surface area contributed by atoms with Crippen LogP contribution in [0.3, 0.4) is 0 Å². The van der Waals surface area contributed by atoms with E-state index in [2.05, 4.69) is 24.1 Å². The minimum Gasteiger partial charge on any atom is -0.464 e. The maximum atomic E-state index is 14.0. The van der Waals surface area contributed by atoms with Gasteiger partial charge in [0.15, 0.2) is 5.54 Å². The van der Waals surface area contributed by atoms with Crippen LogP contribution in [0.2, 0.25) is 0 Å². The first-order chi connectivity index (χ1) is 22.1. The van der Waals surface area contributed by atoms with Gasteiger partial charge in [0, 0.05) is 72.0 Å². The number of rotatable bonds is 10. The summed E-state index contributed by atoms with van der Waals surface area (Å²) in [5, 5.41) is 15.2. The van der Waals surface area contributed by atoms with Gasteiger partial charge in [-0.1, -0.05) is 49.8 Å². The number of ether oxygens (including phenoxy) is 1. The molecule has 0 radical (unpaired) electrons. The number of nitro benzene ring substituents is 1. The van der Waals surface area contributed by atoms with Gasteiger partial charge in [-0.05, 0) is 38.2 Å². The van der Waals surface area contributed by atoms with Crippen molar-refractivity contribution in [2.45, 2.75) is 32.7 Å². The quantitative estimate of drug-likeness (QED) is 0.113. The van der Waals surface area contributed by atoms with E-state index in [1.54, 1.807) is 37.0 Å². The fraction of sp³-hybridized carbons (Fsp3) is 0.286. The summed E-state index contributed by atoms with van der Waals surface area (Å²) in [7, 11) is 1.73. The Kier molecular flexibility index (Phi) is 7.95.